The van der Waals surface area contributed by atoms with Gasteiger partial charge in [0.05, 0.1) is 0 Å². The van der Waals surface area contributed by atoms with Crippen LogP contribution in [0.15, 0.2) is 0 Å². The van der Waals surface area contributed by atoms with Crippen LogP contribution in [0, 0.1) is 0 Å². The molecule has 0 aromatic carbocycles. The van der Waals surface area contributed by atoms with Gasteiger partial charge in [0.2, 0.25) is 0 Å². The Labute approximate surface area is 111 Å². The van der Waals surface area contributed by atoms with Crippen molar-refractivity contribution in [3.8, 4) is 0 Å². The number of nitrogens with one attached hydrogen (secondary N) is 1. The van der Waals surface area contributed by atoms with E-state index in [0.717, 1.165) is 45.2 Å². The van der Waals surface area contributed by atoms with Crippen LogP contribution in [0.4, 0.5) is 0 Å². The van der Waals surface area contributed by atoms with Crippen LogP contribution >= 0.6 is 0 Å². The van der Waals surface area contributed by atoms with Crippen molar-refractivity contribution in [2.24, 2.45) is 0 Å². The molecule has 0 bridgehead atoms. The summed E-state index contributed by atoms with van der Waals surface area (Å²) in [5.41, 5.74) is 0. The van der Waals surface area contributed by atoms with E-state index >= 15 is 0 Å². The van der Waals surface area contributed by atoms with Crippen molar-refractivity contribution < 1.29 is 8.42 Å². The lowest BCUT2D eigenvalue weighted by Gasteiger charge is -2.29. The van der Waals surface area contributed by atoms with Crippen molar-refractivity contribution in [2.45, 2.75) is 45.1 Å². The molecule has 0 amide bonds. The second-order valence-electron chi connectivity index (χ2n) is 5.21. The van der Waals surface area contributed by atoms with Crippen molar-refractivity contribution in [1.82, 2.24) is 13.9 Å². The summed E-state index contributed by atoms with van der Waals surface area (Å²) in [5.74, 6) is 0. The lowest BCUT2D eigenvalue weighted by molar-refractivity contribution is 0.334. The summed E-state index contributed by atoms with van der Waals surface area (Å²) in [6.07, 6.45) is 4.98. The molecule has 1 aliphatic carbocycles. The fraction of sp³-hybridized carbons (Fsp3) is 1.00. The summed E-state index contributed by atoms with van der Waals surface area (Å²) in [6.45, 7) is 5.75. The molecule has 0 radical (unpaired) electrons. The highest BCUT2D eigenvalue weighted by Crippen LogP contribution is 2.30. The first kappa shape index (κ1) is 14.2. The molecule has 1 aliphatic heterocycles. The Hall–Kier alpha value is -0.170. The molecule has 0 aromatic heterocycles. The lowest BCUT2D eigenvalue weighted by Crippen LogP contribution is -2.46. The van der Waals surface area contributed by atoms with Crippen molar-refractivity contribution in [1.29, 1.82) is 0 Å². The normalized spacial score (nSPS) is 23.2. The van der Waals surface area contributed by atoms with E-state index in [1.54, 1.807) is 8.61 Å². The minimum Gasteiger partial charge on any atom is -0.315 e. The Morgan fingerprint density at radius 3 is 2.72 bits per heavy atom. The first-order valence-corrected chi connectivity index (χ1v) is 8.53. The third-order valence-corrected chi connectivity index (χ3v) is 5.70. The molecule has 0 aromatic rings. The van der Waals surface area contributed by atoms with Gasteiger partial charge in [-0.05, 0) is 32.2 Å². The highest BCUT2D eigenvalue weighted by Gasteiger charge is 2.39. The predicted molar refractivity (Wildman–Crippen MR) is 72.6 cm³/mol. The fourth-order valence-corrected chi connectivity index (χ4v) is 4.29. The molecule has 1 saturated carbocycles. The molecule has 0 spiro atoms. The third-order valence-electron chi connectivity index (χ3n) is 3.61. The molecular formula is C12H25N3O2S. The topological polar surface area (TPSA) is 52.7 Å². The van der Waals surface area contributed by atoms with Crippen LogP contribution in [0.25, 0.3) is 0 Å². The standard InChI is InChI=1S/C12H25N3O2S/c1-2-3-10-15(12-5-6-12)18(16,17)14-9-4-7-13-8-11-14/h12-13H,2-11H2,1H3. The van der Waals surface area contributed by atoms with Crippen molar-refractivity contribution in [3.05, 3.63) is 0 Å². The van der Waals surface area contributed by atoms with Crippen LogP contribution in [0.5, 0.6) is 0 Å². The Kier molecular flexibility index (Phi) is 5.00. The first-order valence-electron chi connectivity index (χ1n) is 7.14. The zero-order valence-electron chi connectivity index (χ0n) is 11.3. The largest absolute Gasteiger partial charge is 0.315 e. The third kappa shape index (κ3) is 3.44. The maximum absolute atomic E-state index is 12.6. The first-order chi connectivity index (χ1) is 8.66. The Balaban J connectivity index is 2.05. The molecule has 106 valence electrons. The Morgan fingerprint density at radius 2 is 2.06 bits per heavy atom. The zero-order valence-corrected chi connectivity index (χ0v) is 12.1. The summed E-state index contributed by atoms with van der Waals surface area (Å²) >= 11 is 0. The minimum absolute atomic E-state index is 0.276. The van der Waals surface area contributed by atoms with E-state index in [1.807, 2.05) is 0 Å². The molecule has 2 aliphatic rings. The van der Waals surface area contributed by atoms with Gasteiger partial charge in [0.1, 0.15) is 0 Å². The summed E-state index contributed by atoms with van der Waals surface area (Å²) in [7, 11) is -3.23. The van der Waals surface area contributed by atoms with E-state index in [0.29, 0.717) is 19.6 Å². The summed E-state index contributed by atoms with van der Waals surface area (Å²) in [5, 5.41) is 3.25. The van der Waals surface area contributed by atoms with Gasteiger partial charge in [-0.25, -0.2) is 0 Å². The van der Waals surface area contributed by atoms with Gasteiger partial charge in [-0.3, -0.25) is 0 Å². The number of nitrogens with zero attached hydrogens (tertiary/aromatic N) is 2. The molecule has 1 saturated heterocycles. The van der Waals surface area contributed by atoms with Crippen LogP contribution in [0.2, 0.25) is 0 Å². The quantitative estimate of drug-likeness (QED) is 0.780. The number of unbranched alkanes of at least 4 members (excludes halogenated alkanes) is 1. The predicted octanol–water partition coefficient (Wildman–Crippen LogP) is 0.791. The van der Waals surface area contributed by atoms with Gasteiger partial charge in [0.15, 0.2) is 0 Å². The van der Waals surface area contributed by atoms with E-state index in [-0.39, 0.29) is 6.04 Å². The Bertz CT molecular complexity index is 346. The zero-order chi connectivity index (χ0) is 13.0. The van der Waals surface area contributed by atoms with Gasteiger partial charge in [0.25, 0.3) is 10.2 Å². The highest BCUT2D eigenvalue weighted by molar-refractivity contribution is 7.86. The molecule has 6 heteroatoms. The van der Waals surface area contributed by atoms with Crippen LogP contribution in [-0.2, 0) is 10.2 Å². The van der Waals surface area contributed by atoms with Crippen LogP contribution in [0.3, 0.4) is 0 Å². The van der Waals surface area contributed by atoms with Crippen molar-refractivity contribution in [2.75, 3.05) is 32.7 Å². The Morgan fingerprint density at radius 1 is 1.28 bits per heavy atom. The van der Waals surface area contributed by atoms with E-state index < -0.39 is 10.2 Å². The van der Waals surface area contributed by atoms with Crippen LogP contribution in [0.1, 0.15) is 39.0 Å². The van der Waals surface area contributed by atoms with Crippen molar-refractivity contribution in [3.63, 3.8) is 0 Å². The molecule has 18 heavy (non-hydrogen) atoms. The van der Waals surface area contributed by atoms with Crippen molar-refractivity contribution >= 4 is 10.2 Å². The van der Waals surface area contributed by atoms with Crippen LogP contribution in [-0.4, -0.2) is 55.8 Å². The maximum Gasteiger partial charge on any atom is 0.282 e. The van der Waals surface area contributed by atoms with Gasteiger partial charge in [-0.2, -0.15) is 17.0 Å². The van der Waals surface area contributed by atoms with Gasteiger partial charge in [-0.15, -0.1) is 0 Å². The molecule has 1 N–H and O–H groups in total. The van der Waals surface area contributed by atoms with E-state index in [9.17, 15) is 8.42 Å². The van der Waals surface area contributed by atoms with Gasteiger partial charge >= 0.3 is 0 Å². The number of hydrogen-bond donors (Lipinski definition) is 1. The number of hydrogen-bond acceptors (Lipinski definition) is 3. The molecule has 2 rings (SSSR count). The maximum atomic E-state index is 12.6. The average Bonchev–Trinajstić information content (AvgIpc) is 3.16. The summed E-state index contributed by atoms with van der Waals surface area (Å²) < 4.78 is 28.7. The monoisotopic (exact) mass is 275 g/mol. The molecule has 1 heterocycles. The fourth-order valence-electron chi connectivity index (χ4n) is 2.36. The molecule has 2 fully saturated rings. The summed E-state index contributed by atoms with van der Waals surface area (Å²) in [6, 6.07) is 0.276. The van der Waals surface area contributed by atoms with Gasteiger partial charge in [0, 0.05) is 32.2 Å². The second-order valence-corrected chi connectivity index (χ2v) is 7.09. The molecule has 0 atom stereocenters. The van der Waals surface area contributed by atoms with E-state index in [2.05, 4.69) is 12.2 Å². The van der Waals surface area contributed by atoms with Gasteiger partial charge in [-0.1, -0.05) is 13.3 Å². The minimum atomic E-state index is -3.23. The van der Waals surface area contributed by atoms with Crippen LogP contribution < -0.4 is 5.32 Å². The highest BCUT2D eigenvalue weighted by atomic mass is 32.2. The SMILES string of the molecule is CCCCN(C1CC1)S(=O)(=O)N1CCCNCC1. The van der Waals surface area contributed by atoms with Gasteiger partial charge < -0.3 is 5.32 Å². The smallest absolute Gasteiger partial charge is 0.282 e. The lowest BCUT2D eigenvalue weighted by atomic mass is 10.3. The molecule has 5 nitrogen and oxygen atoms in total. The molecule has 0 unspecified atom stereocenters. The van der Waals surface area contributed by atoms with E-state index in [1.165, 1.54) is 0 Å². The average molecular weight is 275 g/mol. The van der Waals surface area contributed by atoms with E-state index in [4.69, 9.17) is 0 Å². The summed E-state index contributed by atoms with van der Waals surface area (Å²) in [4.78, 5) is 0. The molecular weight excluding hydrogens is 250 g/mol. The second kappa shape index (κ2) is 6.32. The number of rotatable bonds is 6.